The van der Waals surface area contributed by atoms with Crippen LogP contribution in [0.15, 0.2) is 24.3 Å². The van der Waals surface area contributed by atoms with Gasteiger partial charge < -0.3 is 15.5 Å². The molecule has 4 heteroatoms. The third-order valence-corrected chi connectivity index (χ3v) is 3.28. The summed E-state index contributed by atoms with van der Waals surface area (Å²) in [6.45, 7) is 0. The van der Waals surface area contributed by atoms with Crippen molar-refractivity contribution in [1.29, 1.82) is 0 Å². The number of carboxylic acids is 1. The summed E-state index contributed by atoms with van der Waals surface area (Å²) >= 11 is 0. The van der Waals surface area contributed by atoms with Gasteiger partial charge in [0.15, 0.2) is 0 Å². The van der Waals surface area contributed by atoms with Crippen LogP contribution < -0.4 is 5.32 Å². The van der Waals surface area contributed by atoms with Crippen molar-refractivity contribution < 1.29 is 15.0 Å². The molecule has 1 aliphatic carbocycles. The molecule has 1 aromatic carbocycles. The minimum atomic E-state index is -0.734. The highest BCUT2D eigenvalue weighted by atomic mass is 16.4. The van der Waals surface area contributed by atoms with Gasteiger partial charge in [-0.15, -0.1) is 0 Å². The molecule has 2 rings (SSSR count). The number of rotatable bonds is 3. The Labute approximate surface area is 100 Å². The highest BCUT2D eigenvalue weighted by molar-refractivity contribution is 5.72. The maximum atomic E-state index is 11.1. The Morgan fingerprint density at radius 1 is 1.29 bits per heavy atom. The van der Waals surface area contributed by atoms with E-state index in [1.165, 1.54) is 0 Å². The summed E-state index contributed by atoms with van der Waals surface area (Å²) in [5, 5.41) is 21.7. The van der Waals surface area contributed by atoms with Crippen LogP contribution in [0.2, 0.25) is 0 Å². The second-order valence-corrected chi connectivity index (χ2v) is 4.53. The van der Waals surface area contributed by atoms with E-state index in [0.29, 0.717) is 0 Å². The van der Waals surface area contributed by atoms with Crippen LogP contribution in [0.4, 0.5) is 5.69 Å². The van der Waals surface area contributed by atoms with Gasteiger partial charge in [0.1, 0.15) is 5.75 Å². The minimum Gasteiger partial charge on any atom is -0.508 e. The van der Waals surface area contributed by atoms with Gasteiger partial charge in [0.05, 0.1) is 5.92 Å². The van der Waals surface area contributed by atoms with Gasteiger partial charge in [0, 0.05) is 17.8 Å². The lowest BCUT2D eigenvalue weighted by Crippen LogP contribution is -2.37. The molecule has 0 aliphatic heterocycles. The maximum absolute atomic E-state index is 11.1. The summed E-state index contributed by atoms with van der Waals surface area (Å²) in [6, 6.07) is 6.76. The van der Waals surface area contributed by atoms with Crippen molar-refractivity contribution in [1.82, 2.24) is 0 Å². The molecule has 0 bridgehead atoms. The standard InChI is InChI=1S/C13H17NO3/c15-10-5-3-4-9(8-10)14-12-7-2-1-6-11(12)13(16)17/h3-5,8,11-12,14-15H,1-2,6-7H2,(H,16,17). The SMILES string of the molecule is O=C(O)C1CCCCC1Nc1cccc(O)c1. The molecule has 4 nitrogen and oxygen atoms in total. The van der Waals surface area contributed by atoms with Crippen molar-refractivity contribution in [3.05, 3.63) is 24.3 Å². The summed E-state index contributed by atoms with van der Waals surface area (Å²) in [6.07, 6.45) is 3.63. The zero-order chi connectivity index (χ0) is 12.3. The van der Waals surface area contributed by atoms with E-state index in [2.05, 4.69) is 5.32 Å². The zero-order valence-electron chi connectivity index (χ0n) is 9.60. The van der Waals surface area contributed by atoms with Crippen LogP contribution in [0.5, 0.6) is 5.75 Å². The van der Waals surface area contributed by atoms with E-state index in [1.54, 1.807) is 18.2 Å². The van der Waals surface area contributed by atoms with Crippen molar-refractivity contribution in [3.63, 3.8) is 0 Å². The van der Waals surface area contributed by atoms with E-state index in [9.17, 15) is 9.90 Å². The molecule has 2 unspecified atom stereocenters. The van der Waals surface area contributed by atoms with E-state index in [1.807, 2.05) is 6.07 Å². The topological polar surface area (TPSA) is 69.6 Å². The van der Waals surface area contributed by atoms with Gasteiger partial charge in [-0.25, -0.2) is 0 Å². The summed E-state index contributed by atoms with van der Waals surface area (Å²) in [5.74, 6) is -0.869. The van der Waals surface area contributed by atoms with Crippen molar-refractivity contribution in [3.8, 4) is 5.75 Å². The zero-order valence-corrected chi connectivity index (χ0v) is 9.60. The third kappa shape index (κ3) is 2.90. The Morgan fingerprint density at radius 2 is 2.06 bits per heavy atom. The summed E-state index contributed by atoms with van der Waals surface area (Å²) in [5.41, 5.74) is 0.781. The molecule has 0 saturated heterocycles. The van der Waals surface area contributed by atoms with Crippen molar-refractivity contribution in [2.45, 2.75) is 31.7 Å². The Bertz CT molecular complexity index is 405. The molecule has 0 radical (unpaired) electrons. The number of phenolic OH excluding ortho intramolecular Hbond substituents is 1. The molecule has 17 heavy (non-hydrogen) atoms. The van der Waals surface area contributed by atoms with Gasteiger partial charge in [-0.05, 0) is 25.0 Å². The van der Waals surface area contributed by atoms with Crippen LogP contribution in [0.3, 0.4) is 0 Å². The molecule has 0 heterocycles. The fraction of sp³-hybridized carbons (Fsp3) is 0.462. The molecule has 1 saturated carbocycles. The van der Waals surface area contributed by atoms with E-state index in [4.69, 9.17) is 5.11 Å². The molecule has 0 spiro atoms. The Hall–Kier alpha value is -1.71. The number of aromatic hydroxyl groups is 1. The maximum Gasteiger partial charge on any atom is 0.308 e. The average Bonchev–Trinajstić information content (AvgIpc) is 2.29. The second-order valence-electron chi connectivity index (χ2n) is 4.53. The lowest BCUT2D eigenvalue weighted by molar-refractivity contribution is -0.143. The highest BCUT2D eigenvalue weighted by Crippen LogP contribution is 2.28. The monoisotopic (exact) mass is 235 g/mol. The molecule has 1 aromatic rings. The molecule has 92 valence electrons. The van der Waals surface area contributed by atoms with E-state index in [-0.39, 0.29) is 17.7 Å². The van der Waals surface area contributed by atoms with Crippen LogP contribution in [-0.4, -0.2) is 22.2 Å². The number of aliphatic carboxylic acids is 1. The van der Waals surface area contributed by atoms with E-state index < -0.39 is 5.97 Å². The Balaban J connectivity index is 2.08. The second kappa shape index (κ2) is 5.08. The normalized spacial score (nSPS) is 24.2. The quantitative estimate of drug-likeness (QED) is 0.752. The number of hydrogen-bond acceptors (Lipinski definition) is 3. The first kappa shape index (κ1) is 11.8. The molecule has 3 N–H and O–H groups in total. The molecular formula is C13H17NO3. The first-order valence-electron chi connectivity index (χ1n) is 5.95. The minimum absolute atomic E-state index is 0.0388. The predicted octanol–water partition coefficient (Wildman–Crippen LogP) is 2.45. The van der Waals surface area contributed by atoms with Crippen LogP contribution >= 0.6 is 0 Å². The third-order valence-electron chi connectivity index (χ3n) is 3.28. The highest BCUT2D eigenvalue weighted by Gasteiger charge is 2.30. The van der Waals surface area contributed by atoms with Gasteiger partial charge >= 0.3 is 5.97 Å². The first-order chi connectivity index (χ1) is 8.16. The van der Waals surface area contributed by atoms with Gasteiger partial charge in [-0.1, -0.05) is 18.9 Å². The molecule has 1 fully saturated rings. The lowest BCUT2D eigenvalue weighted by Gasteiger charge is -2.30. The number of nitrogens with one attached hydrogen (secondary N) is 1. The van der Waals surface area contributed by atoms with E-state index in [0.717, 1.165) is 31.4 Å². The van der Waals surface area contributed by atoms with Gasteiger partial charge in [-0.3, -0.25) is 4.79 Å². The van der Waals surface area contributed by atoms with Crippen molar-refractivity contribution in [2.24, 2.45) is 5.92 Å². The number of phenols is 1. The molecule has 1 aliphatic rings. The lowest BCUT2D eigenvalue weighted by atomic mass is 9.84. The fourth-order valence-electron chi connectivity index (χ4n) is 2.41. The first-order valence-corrected chi connectivity index (χ1v) is 5.95. The number of anilines is 1. The largest absolute Gasteiger partial charge is 0.508 e. The van der Waals surface area contributed by atoms with E-state index >= 15 is 0 Å². The number of carbonyl (C=O) groups is 1. The summed E-state index contributed by atoms with van der Waals surface area (Å²) in [7, 11) is 0. The summed E-state index contributed by atoms with van der Waals surface area (Å²) in [4.78, 5) is 11.1. The Kier molecular flexibility index (Phi) is 3.52. The van der Waals surface area contributed by atoms with Crippen LogP contribution in [0, 0.1) is 5.92 Å². The molecule has 2 atom stereocenters. The predicted molar refractivity (Wildman–Crippen MR) is 65.1 cm³/mol. The molecular weight excluding hydrogens is 218 g/mol. The van der Waals surface area contributed by atoms with Crippen molar-refractivity contribution >= 4 is 11.7 Å². The number of hydrogen-bond donors (Lipinski definition) is 3. The smallest absolute Gasteiger partial charge is 0.308 e. The average molecular weight is 235 g/mol. The molecule has 0 amide bonds. The van der Waals surface area contributed by atoms with Crippen LogP contribution in [0.1, 0.15) is 25.7 Å². The van der Waals surface area contributed by atoms with Gasteiger partial charge in [0.2, 0.25) is 0 Å². The number of benzene rings is 1. The van der Waals surface area contributed by atoms with Crippen LogP contribution in [-0.2, 0) is 4.79 Å². The van der Waals surface area contributed by atoms with Crippen LogP contribution in [0.25, 0.3) is 0 Å². The van der Waals surface area contributed by atoms with Gasteiger partial charge in [0.25, 0.3) is 0 Å². The Morgan fingerprint density at radius 3 is 2.76 bits per heavy atom. The summed E-state index contributed by atoms with van der Waals surface area (Å²) < 4.78 is 0. The number of carboxylic acid groups (broad SMARTS) is 1. The van der Waals surface area contributed by atoms with Gasteiger partial charge in [-0.2, -0.15) is 0 Å². The fourth-order valence-corrected chi connectivity index (χ4v) is 2.41. The van der Waals surface area contributed by atoms with Crippen molar-refractivity contribution in [2.75, 3.05) is 5.32 Å². The molecule has 0 aromatic heterocycles.